The number of aromatic nitrogens is 3. The second kappa shape index (κ2) is 8.59. The number of thiophene rings is 1. The summed E-state index contributed by atoms with van der Waals surface area (Å²) < 4.78 is 3.53. The zero-order chi connectivity index (χ0) is 23.9. The molecule has 3 nitrogen and oxygen atoms in total. The van der Waals surface area contributed by atoms with E-state index in [1.807, 2.05) is 18.5 Å². The molecule has 0 spiro atoms. The van der Waals surface area contributed by atoms with Gasteiger partial charge in [-0.25, -0.2) is 4.98 Å². The highest BCUT2D eigenvalue weighted by molar-refractivity contribution is 7.17. The van der Waals surface area contributed by atoms with Gasteiger partial charge in [0.25, 0.3) is 0 Å². The largest absolute Gasteiger partial charge is 0.292 e. The van der Waals surface area contributed by atoms with Gasteiger partial charge in [-0.15, -0.1) is 11.3 Å². The van der Waals surface area contributed by atoms with Crippen LogP contribution < -0.4 is 0 Å². The Kier molecular flexibility index (Phi) is 4.97. The number of hydrogen-bond acceptors (Lipinski definition) is 3. The van der Waals surface area contributed by atoms with Gasteiger partial charge in [-0.05, 0) is 70.8 Å². The monoisotopic (exact) mass is 479 g/mol. The van der Waals surface area contributed by atoms with E-state index >= 15 is 0 Å². The van der Waals surface area contributed by atoms with Crippen molar-refractivity contribution in [1.29, 1.82) is 0 Å². The molecule has 0 amide bonds. The number of para-hydroxylation sites is 2. The van der Waals surface area contributed by atoms with Gasteiger partial charge in [0.15, 0.2) is 0 Å². The number of hydrogen-bond donors (Lipinski definition) is 0. The third-order valence-corrected chi connectivity index (χ3v) is 7.58. The molecule has 0 bridgehead atoms. The molecule has 7 rings (SSSR count). The Hall–Kier alpha value is -4.54. The van der Waals surface area contributed by atoms with Crippen LogP contribution in [0.15, 0.2) is 127 Å². The van der Waals surface area contributed by atoms with Crippen molar-refractivity contribution in [2.75, 3.05) is 0 Å². The number of imidazole rings is 1. The van der Waals surface area contributed by atoms with E-state index in [1.54, 1.807) is 11.3 Å². The Morgan fingerprint density at radius 1 is 0.611 bits per heavy atom. The van der Waals surface area contributed by atoms with Crippen molar-refractivity contribution >= 4 is 32.5 Å². The minimum atomic E-state index is 0.960. The molecule has 3 aromatic heterocycles. The minimum absolute atomic E-state index is 0.960. The highest BCUT2D eigenvalue weighted by Gasteiger charge is 2.18. The number of nitrogens with zero attached hydrogens (tertiary/aromatic N) is 3. The molecule has 0 aliphatic heterocycles. The average Bonchev–Trinajstić information content (AvgIpc) is 3.55. The summed E-state index contributed by atoms with van der Waals surface area (Å²) in [5, 5.41) is 3.45. The van der Waals surface area contributed by atoms with Gasteiger partial charge in [-0.2, -0.15) is 0 Å². The summed E-state index contributed by atoms with van der Waals surface area (Å²) in [4.78, 5) is 9.30. The van der Waals surface area contributed by atoms with Crippen molar-refractivity contribution in [3.8, 4) is 39.3 Å². The molecular formula is C32H21N3S. The van der Waals surface area contributed by atoms with E-state index in [-0.39, 0.29) is 0 Å². The van der Waals surface area contributed by atoms with E-state index in [2.05, 4.69) is 118 Å². The first-order valence-electron chi connectivity index (χ1n) is 11.9. The fourth-order valence-corrected chi connectivity index (χ4v) is 5.75. The summed E-state index contributed by atoms with van der Waals surface area (Å²) in [7, 11) is 0. The molecule has 3 heterocycles. The maximum Gasteiger partial charge on any atom is 0.147 e. The van der Waals surface area contributed by atoms with Crippen LogP contribution in [0.5, 0.6) is 0 Å². The highest BCUT2D eigenvalue weighted by atomic mass is 32.1. The predicted molar refractivity (Wildman–Crippen MR) is 151 cm³/mol. The molecule has 4 aromatic carbocycles. The fourth-order valence-electron chi connectivity index (χ4n) is 4.83. The van der Waals surface area contributed by atoms with E-state index in [4.69, 9.17) is 4.98 Å². The van der Waals surface area contributed by atoms with Crippen LogP contribution >= 0.6 is 11.3 Å². The second-order valence-electron chi connectivity index (χ2n) is 8.77. The molecular weight excluding hydrogens is 458 g/mol. The molecule has 0 atom stereocenters. The van der Waals surface area contributed by atoms with E-state index in [9.17, 15) is 0 Å². The van der Waals surface area contributed by atoms with E-state index in [0.29, 0.717) is 0 Å². The Labute approximate surface area is 213 Å². The number of fused-ring (bicyclic) bond motifs is 2. The molecule has 0 saturated heterocycles. The van der Waals surface area contributed by atoms with Gasteiger partial charge >= 0.3 is 0 Å². The molecule has 0 radical (unpaired) electrons. The van der Waals surface area contributed by atoms with Gasteiger partial charge in [0.1, 0.15) is 5.82 Å². The van der Waals surface area contributed by atoms with Gasteiger partial charge in [0.2, 0.25) is 0 Å². The number of pyridine rings is 1. The molecule has 0 fully saturated rings. The van der Waals surface area contributed by atoms with E-state index in [0.717, 1.165) is 33.7 Å². The van der Waals surface area contributed by atoms with Crippen molar-refractivity contribution < 1.29 is 0 Å². The topological polar surface area (TPSA) is 30.7 Å². The van der Waals surface area contributed by atoms with Crippen molar-refractivity contribution in [3.05, 3.63) is 127 Å². The molecule has 0 N–H and O–H groups in total. The van der Waals surface area contributed by atoms with Crippen LogP contribution in [-0.4, -0.2) is 14.5 Å². The Morgan fingerprint density at radius 2 is 1.31 bits per heavy atom. The molecule has 7 aromatic rings. The SMILES string of the molecule is c1ccc(-c2ccc(-n3c(-c4csc5ccc(-c6ccncc6)cc45)nc4ccccc43)cc2)cc1. The fraction of sp³-hybridized carbons (Fsp3) is 0. The zero-order valence-corrected chi connectivity index (χ0v) is 20.2. The van der Waals surface area contributed by atoms with Gasteiger partial charge in [-0.1, -0.05) is 60.7 Å². The second-order valence-corrected chi connectivity index (χ2v) is 9.68. The van der Waals surface area contributed by atoms with Crippen molar-refractivity contribution in [3.63, 3.8) is 0 Å². The van der Waals surface area contributed by atoms with Gasteiger partial charge < -0.3 is 0 Å². The van der Waals surface area contributed by atoms with Crippen LogP contribution in [0, 0.1) is 0 Å². The Morgan fingerprint density at radius 3 is 2.14 bits per heavy atom. The Bertz CT molecular complexity index is 1820. The van der Waals surface area contributed by atoms with Gasteiger partial charge in [-0.3, -0.25) is 9.55 Å². The van der Waals surface area contributed by atoms with Crippen molar-refractivity contribution in [1.82, 2.24) is 14.5 Å². The van der Waals surface area contributed by atoms with Crippen molar-refractivity contribution in [2.24, 2.45) is 0 Å². The van der Waals surface area contributed by atoms with E-state index in [1.165, 1.54) is 26.8 Å². The quantitative estimate of drug-likeness (QED) is 0.253. The summed E-state index contributed by atoms with van der Waals surface area (Å²) >= 11 is 1.76. The summed E-state index contributed by atoms with van der Waals surface area (Å²) in [6, 6.07) is 38.4. The first-order chi connectivity index (χ1) is 17.8. The number of benzene rings is 4. The summed E-state index contributed by atoms with van der Waals surface area (Å²) in [5.74, 6) is 0.960. The van der Waals surface area contributed by atoms with Crippen LogP contribution in [0.3, 0.4) is 0 Å². The normalized spacial score (nSPS) is 11.3. The minimum Gasteiger partial charge on any atom is -0.292 e. The van der Waals surface area contributed by atoms with Gasteiger partial charge in [0, 0.05) is 39.1 Å². The maximum absolute atomic E-state index is 5.12. The molecule has 36 heavy (non-hydrogen) atoms. The standard InChI is InChI=1S/C32H21N3S/c1-2-6-22(7-3-1)23-10-13-26(14-11-23)35-30-9-5-4-8-29(30)34-32(35)28-21-36-31-15-12-25(20-27(28)31)24-16-18-33-19-17-24/h1-21H. The molecule has 0 saturated carbocycles. The van der Waals surface area contributed by atoms with Crippen LogP contribution in [0.1, 0.15) is 0 Å². The van der Waals surface area contributed by atoms with Crippen molar-refractivity contribution in [2.45, 2.75) is 0 Å². The van der Waals surface area contributed by atoms with Crippen LogP contribution in [0.25, 0.3) is 60.4 Å². The molecule has 4 heteroatoms. The van der Waals surface area contributed by atoms with E-state index < -0.39 is 0 Å². The molecule has 0 aliphatic rings. The van der Waals surface area contributed by atoms with Crippen LogP contribution in [0.2, 0.25) is 0 Å². The lowest BCUT2D eigenvalue weighted by atomic mass is 10.0. The summed E-state index contributed by atoms with van der Waals surface area (Å²) in [6.45, 7) is 0. The molecule has 0 unspecified atom stereocenters. The molecule has 0 aliphatic carbocycles. The Balaban J connectivity index is 1.41. The smallest absolute Gasteiger partial charge is 0.147 e. The first kappa shape index (κ1) is 20.8. The lowest BCUT2D eigenvalue weighted by Crippen LogP contribution is -1.97. The highest BCUT2D eigenvalue weighted by Crippen LogP contribution is 2.38. The molecule has 170 valence electrons. The zero-order valence-electron chi connectivity index (χ0n) is 19.4. The third kappa shape index (κ3) is 3.51. The average molecular weight is 480 g/mol. The number of rotatable bonds is 4. The lowest BCUT2D eigenvalue weighted by molar-refractivity contribution is 1.11. The third-order valence-electron chi connectivity index (χ3n) is 6.62. The predicted octanol–water partition coefficient (Wildman–Crippen LogP) is 8.64. The van der Waals surface area contributed by atoms with Crippen LogP contribution in [0.4, 0.5) is 0 Å². The van der Waals surface area contributed by atoms with Crippen LogP contribution in [-0.2, 0) is 0 Å². The summed E-state index contributed by atoms with van der Waals surface area (Å²) in [6.07, 6.45) is 3.68. The maximum atomic E-state index is 5.12. The van der Waals surface area contributed by atoms with Gasteiger partial charge in [0.05, 0.1) is 11.0 Å². The first-order valence-corrected chi connectivity index (χ1v) is 12.8. The lowest BCUT2D eigenvalue weighted by Gasteiger charge is -2.11. The summed E-state index contributed by atoms with van der Waals surface area (Å²) in [5.41, 5.74) is 9.10.